The highest BCUT2D eigenvalue weighted by Crippen LogP contribution is 2.32. The van der Waals surface area contributed by atoms with Crippen LogP contribution in [0, 0.1) is 0 Å². The third-order valence-electron chi connectivity index (χ3n) is 5.82. The van der Waals surface area contributed by atoms with E-state index in [4.69, 9.17) is 11.6 Å². The van der Waals surface area contributed by atoms with Gasteiger partial charge >= 0.3 is 7.12 Å². The molecule has 3 aromatic heterocycles. The first kappa shape index (κ1) is 22.8. The Morgan fingerprint density at radius 3 is 2.54 bits per heavy atom. The quantitative estimate of drug-likeness (QED) is 0.279. The van der Waals surface area contributed by atoms with Crippen LogP contribution < -0.4 is 21.8 Å². The highest BCUT2D eigenvalue weighted by Gasteiger charge is 2.26. The van der Waals surface area contributed by atoms with E-state index in [0.717, 1.165) is 0 Å². The first-order valence-corrected chi connectivity index (χ1v) is 11.1. The second-order valence-electron chi connectivity index (χ2n) is 7.97. The second kappa shape index (κ2) is 8.99. The van der Waals surface area contributed by atoms with Gasteiger partial charge in [0.25, 0.3) is 5.56 Å². The number of anilines is 1. The van der Waals surface area contributed by atoms with Crippen LogP contribution in [0.25, 0.3) is 27.5 Å². The predicted molar refractivity (Wildman–Crippen MR) is 137 cm³/mol. The molecule has 0 radical (unpaired) electrons. The zero-order chi connectivity index (χ0) is 24.7. The molecule has 0 bridgehead atoms. The number of rotatable bonds is 5. The maximum absolute atomic E-state index is 13.8. The molecule has 0 fully saturated rings. The van der Waals surface area contributed by atoms with Crippen LogP contribution >= 0.6 is 11.6 Å². The van der Waals surface area contributed by atoms with E-state index in [9.17, 15) is 19.6 Å². The average Bonchev–Trinajstić information content (AvgIpc) is 2.86. The number of pyridine rings is 2. The SMILES string of the molecule is C[C@H](Nc1ncnc2[nH]ccc(=O)c12)c1c(Cl)c2cccc(B(O)O)c2c(=O)n1-c1ccccc1. The summed E-state index contributed by atoms with van der Waals surface area (Å²) in [6.45, 7) is 1.79. The van der Waals surface area contributed by atoms with Crippen molar-refractivity contribution in [1.82, 2.24) is 19.5 Å². The predicted octanol–water partition coefficient (Wildman–Crippen LogP) is 2.13. The molecule has 1 atom stereocenters. The van der Waals surface area contributed by atoms with Gasteiger partial charge < -0.3 is 20.3 Å². The number of H-pyrrole nitrogens is 1. The van der Waals surface area contributed by atoms with Crippen LogP contribution in [0.5, 0.6) is 0 Å². The Labute approximate surface area is 203 Å². The molecule has 2 aromatic carbocycles. The number of nitrogens with one attached hydrogen (secondary N) is 2. The van der Waals surface area contributed by atoms with Gasteiger partial charge in [-0.3, -0.25) is 14.2 Å². The van der Waals surface area contributed by atoms with Crippen molar-refractivity contribution in [3.63, 3.8) is 0 Å². The second-order valence-corrected chi connectivity index (χ2v) is 8.35. The number of hydrogen-bond acceptors (Lipinski definition) is 7. The number of fused-ring (bicyclic) bond motifs is 2. The van der Waals surface area contributed by atoms with E-state index in [2.05, 4.69) is 20.3 Å². The number of hydrogen-bond donors (Lipinski definition) is 4. The minimum atomic E-state index is -1.85. The van der Waals surface area contributed by atoms with E-state index in [1.807, 2.05) is 6.07 Å². The smallest absolute Gasteiger partial charge is 0.423 e. The number of halogens is 1. The fourth-order valence-electron chi connectivity index (χ4n) is 4.27. The topological polar surface area (TPSA) is 133 Å². The minimum absolute atomic E-state index is 0.0552. The van der Waals surface area contributed by atoms with Gasteiger partial charge in [-0.2, -0.15) is 0 Å². The molecular weight excluding hydrogens is 469 g/mol. The summed E-state index contributed by atoms with van der Waals surface area (Å²) in [5.74, 6) is 0.284. The minimum Gasteiger partial charge on any atom is -0.423 e. The van der Waals surface area contributed by atoms with Crippen LogP contribution in [-0.4, -0.2) is 36.7 Å². The van der Waals surface area contributed by atoms with E-state index in [-0.39, 0.29) is 32.5 Å². The Morgan fingerprint density at radius 1 is 1.03 bits per heavy atom. The normalized spacial score (nSPS) is 12.1. The van der Waals surface area contributed by atoms with Crippen molar-refractivity contribution in [2.75, 3.05) is 5.32 Å². The molecule has 0 aliphatic carbocycles. The zero-order valence-electron chi connectivity index (χ0n) is 18.4. The van der Waals surface area contributed by atoms with Crippen molar-refractivity contribution in [3.8, 4) is 5.69 Å². The van der Waals surface area contributed by atoms with Gasteiger partial charge in [0, 0.05) is 28.7 Å². The van der Waals surface area contributed by atoms with Crippen molar-refractivity contribution in [3.05, 3.63) is 98.4 Å². The molecule has 0 aliphatic rings. The van der Waals surface area contributed by atoms with Crippen molar-refractivity contribution >= 4 is 51.8 Å². The molecule has 35 heavy (non-hydrogen) atoms. The van der Waals surface area contributed by atoms with E-state index in [1.54, 1.807) is 43.3 Å². The van der Waals surface area contributed by atoms with Crippen LogP contribution in [-0.2, 0) is 0 Å². The molecule has 0 amide bonds. The summed E-state index contributed by atoms with van der Waals surface area (Å²) in [7, 11) is -1.85. The van der Waals surface area contributed by atoms with Gasteiger partial charge in [0.2, 0.25) is 0 Å². The first-order valence-electron chi connectivity index (χ1n) is 10.8. The van der Waals surface area contributed by atoms with E-state index in [0.29, 0.717) is 22.4 Å². The molecular formula is C24H19BClN5O4. The van der Waals surface area contributed by atoms with Crippen molar-refractivity contribution < 1.29 is 10.0 Å². The van der Waals surface area contributed by atoms with Gasteiger partial charge in [0.05, 0.1) is 16.8 Å². The Hall–Kier alpha value is -3.99. The lowest BCUT2D eigenvalue weighted by molar-refractivity contribution is 0.426. The maximum Gasteiger partial charge on any atom is 0.489 e. The lowest BCUT2D eigenvalue weighted by Gasteiger charge is -2.24. The van der Waals surface area contributed by atoms with E-state index >= 15 is 0 Å². The molecule has 5 aromatic rings. The van der Waals surface area contributed by atoms with Crippen LogP contribution in [0.3, 0.4) is 0 Å². The summed E-state index contributed by atoms with van der Waals surface area (Å²) in [4.78, 5) is 37.6. The molecule has 0 unspecified atom stereocenters. The van der Waals surface area contributed by atoms with Crippen LogP contribution in [0.1, 0.15) is 18.7 Å². The Morgan fingerprint density at radius 2 is 1.80 bits per heavy atom. The van der Waals surface area contributed by atoms with Crippen LogP contribution in [0.15, 0.2) is 76.7 Å². The lowest BCUT2D eigenvalue weighted by Crippen LogP contribution is -2.36. The largest absolute Gasteiger partial charge is 0.489 e. The maximum atomic E-state index is 13.8. The third kappa shape index (κ3) is 3.87. The molecule has 0 aliphatic heterocycles. The molecule has 0 spiro atoms. The average molecular weight is 488 g/mol. The van der Waals surface area contributed by atoms with Crippen molar-refractivity contribution in [1.29, 1.82) is 0 Å². The number of aromatic nitrogens is 4. The van der Waals surface area contributed by atoms with Gasteiger partial charge in [0.1, 0.15) is 23.2 Å². The van der Waals surface area contributed by atoms with E-state index < -0.39 is 18.7 Å². The molecule has 174 valence electrons. The molecule has 11 heteroatoms. The molecule has 3 heterocycles. The number of aromatic amines is 1. The van der Waals surface area contributed by atoms with Crippen LogP contribution in [0.4, 0.5) is 5.82 Å². The summed E-state index contributed by atoms with van der Waals surface area (Å²) in [6, 6.07) is 14.4. The van der Waals surface area contributed by atoms with Crippen molar-refractivity contribution in [2.24, 2.45) is 0 Å². The van der Waals surface area contributed by atoms with Gasteiger partial charge in [-0.25, -0.2) is 9.97 Å². The Bertz CT molecular complexity index is 1680. The van der Waals surface area contributed by atoms with Gasteiger partial charge in [0.15, 0.2) is 5.43 Å². The fraction of sp³-hybridized carbons (Fsp3) is 0.0833. The molecule has 5 rings (SSSR count). The standard InChI is InChI=1S/C24H19BClN5O4/c1-13(30-23-19-17(32)10-11-27-22(19)28-12-29-23)21-20(26)15-8-5-9-16(25(34)35)18(15)24(33)31(21)14-6-3-2-4-7-14/h2-13,34-35H,1H3,(H2,27,28,29,30,32)/t13-/m0/s1. The molecule has 0 saturated heterocycles. The molecule has 9 nitrogen and oxygen atoms in total. The summed E-state index contributed by atoms with van der Waals surface area (Å²) in [5, 5.41) is 24.0. The first-order chi connectivity index (χ1) is 16.9. The fourth-order valence-corrected chi connectivity index (χ4v) is 4.68. The number of para-hydroxylation sites is 1. The van der Waals surface area contributed by atoms with Gasteiger partial charge in [-0.15, -0.1) is 0 Å². The summed E-state index contributed by atoms with van der Waals surface area (Å²) in [5.41, 5.74) is 0.652. The highest BCUT2D eigenvalue weighted by atomic mass is 35.5. The molecule has 0 saturated carbocycles. The Kier molecular flexibility index (Phi) is 5.85. The highest BCUT2D eigenvalue weighted by molar-refractivity contribution is 6.62. The molecule has 4 N–H and O–H groups in total. The monoisotopic (exact) mass is 487 g/mol. The van der Waals surface area contributed by atoms with Gasteiger partial charge in [-0.05, 0) is 24.5 Å². The van der Waals surface area contributed by atoms with E-state index in [1.165, 1.54) is 29.2 Å². The summed E-state index contributed by atoms with van der Waals surface area (Å²) >= 11 is 6.89. The van der Waals surface area contributed by atoms with Crippen LogP contribution in [0.2, 0.25) is 5.02 Å². The third-order valence-corrected chi connectivity index (χ3v) is 6.22. The Balaban J connectivity index is 1.79. The van der Waals surface area contributed by atoms with Gasteiger partial charge in [-0.1, -0.05) is 48.0 Å². The lowest BCUT2D eigenvalue weighted by atomic mass is 9.77. The summed E-state index contributed by atoms with van der Waals surface area (Å²) < 4.78 is 1.43. The number of nitrogens with zero attached hydrogens (tertiary/aromatic N) is 3. The summed E-state index contributed by atoms with van der Waals surface area (Å²) in [6.07, 6.45) is 2.83. The van der Waals surface area contributed by atoms with Crippen molar-refractivity contribution in [2.45, 2.75) is 13.0 Å². The number of benzene rings is 2. The zero-order valence-corrected chi connectivity index (χ0v) is 19.2.